The summed E-state index contributed by atoms with van der Waals surface area (Å²) in [6.07, 6.45) is 38.4. The van der Waals surface area contributed by atoms with E-state index in [0.717, 1.165) is 70.1 Å². The van der Waals surface area contributed by atoms with Gasteiger partial charge >= 0.3 is 27.6 Å². The highest BCUT2D eigenvalue weighted by Gasteiger charge is 2.28. The molecule has 0 aliphatic rings. The van der Waals surface area contributed by atoms with Crippen molar-refractivity contribution in [2.45, 2.75) is 187 Å². The summed E-state index contributed by atoms with van der Waals surface area (Å²) in [4.78, 5) is 52.7. The summed E-state index contributed by atoms with van der Waals surface area (Å²) in [5.74, 6) is -0.313. The highest BCUT2D eigenvalue weighted by Crippen LogP contribution is 2.43. The number of aliphatic hydroxyl groups is 2. The lowest BCUT2D eigenvalue weighted by Gasteiger charge is -2.20. The van der Waals surface area contributed by atoms with Crippen molar-refractivity contribution in [1.82, 2.24) is 0 Å². The van der Waals surface area contributed by atoms with Gasteiger partial charge in [0.15, 0.2) is 6.10 Å². The molecule has 0 aliphatic carbocycles. The minimum Gasteiger partial charge on any atom is -0.462 e. The van der Waals surface area contributed by atoms with E-state index in [1.165, 1.54) is 64.2 Å². The number of phosphoric acid groups is 2. The Bertz CT molecular complexity index is 1280. The Kier molecular flexibility index (Phi) is 39.5. The molecule has 16 heteroatoms. The summed E-state index contributed by atoms with van der Waals surface area (Å²) in [6, 6.07) is 0. The van der Waals surface area contributed by atoms with Crippen molar-refractivity contribution in [2.24, 2.45) is 5.92 Å². The van der Waals surface area contributed by atoms with Crippen LogP contribution in [0.4, 0.5) is 0 Å². The first-order valence-electron chi connectivity index (χ1n) is 22.8. The van der Waals surface area contributed by atoms with E-state index in [0.29, 0.717) is 19.3 Å². The van der Waals surface area contributed by atoms with Gasteiger partial charge in [-0.15, -0.1) is 0 Å². The van der Waals surface area contributed by atoms with E-state index in [1.807, 2.05) is 12.2 Å². The Morgan fingerprint density at radius 2 is 0.967 bits per heavy atom. The second-order valence-electron chi connectivity index (χ2n) is 15.9. The van der Waals surface area contributed by atoms with Gasteiger partial charge < -0.3 is 34.4 Å². The molecular formula is C45H82O14P2. The number of hydrogen-bond donors (Lipinski definition) is 5. The lowest BCUT2D eigenvalue weighted by Crippen LogP contribution is -2.30. The first-order chi connectivity index (χ1) is 29.2. The molecule has 0 aromatic carbocycles. The van der Waals surface area contributed by atoms with Crippen molar-refractivity contribution in [3.63, 3.8) is 0 Å². The van der Waals surface area contributed by atoms with Crippen LogP contribution >= 0.6 is 15.6 Å². The van der Waals surface area contributed by atoms with Gasteiger partial charge in [-0.3, -0.25) is 23.2 Å². The molecule has 0 fully saturated rings. The van der Waals surface area contributed by atoms with Gasteiger partial charge in [-0.2, -0.15) is 0 Å². The largest absolute Gasteiger partial charge is 0.472 e. The van der Waals surface area contributed by atoms with Gasteiger partial charge in [0.25, 0.3) is 0 Å². The van der Waals surface area contributed by atoms with E-state index < -0.39 is 66.2 Å². The van der Waals surface area contributed by atoms with Crippen LogP contribution in [0.15, 0.2) is 48.6 Å². The lowest BCUT2D eigenvalue weighted by molar-refractivity contribution is -0.161. The predicted octanol–water partition coefficient (Wildman–Crippen LogP) is 10.7. The fourth-order valence-electron chi connectivity index (χ4n) is 5.98. The van der Waals surface area contributed by atoms with Gasteiger partial charge in [-0.1, -0.05) is 152 Å². The molecule has 0 spiro atoms. The first kappa shape index (κ1) is 59.0. The second-order valence-corrected chi connectivity index (χ2v) is 18.6. The maximum Gasteiger partial charge on any atom is 0.472 e. The minimum absolute atomic E-state index is 0.109. The van der Waals surface area contributed by atoms with Gasteiger partial charge in [0.2, 0.25) is 0 Å². The Hall–Kier alpha value is -1.96. The number of aliphatic hydroxyl groups excluding tert-OH is 2. The van der Waals surface area contributed by atoms with Crippen molar-refractivity contribution in [3.05, 3.63) is 48.6 Å². The van der Waals surface area contributed by atoms with Crippen LogP contribution < -0.4 is 0 Å². The molecule has 0 bridgehead atoms. The van der Waals surface area contributed by atoms with E-state index in [9.17, 15) is 28.7 Å². The number of carbonyl (C=O) groups is 2. The maximum absolute atomic E-state index is 12.7. The molecule has 61 heavy (non-hydrogen) atoms. The van der Waals surface area contributed by atoms with Crippen molar-refractivity contribution < 1.29 is 66.7 Å². The van der Waals surface area contributed by atoms with E-state index >= 15 is 0 Å². The molecule has 0 heterocycles. The SMILES string of the molecule is CC(C)CCCCCCCCCCCCCCCC(=O)O[C@H](COC(=O)CCC/C=C\C/C=C\C/C=C\C/C=C\CCCCCO)COP(=O)(O)OC[C@@H](O)COP(=O)(O)O. The van der Waals surface area contributed by atoms with Crippen LogP contribution in [-0.4, -0.2) is 82.1 Å². The number of hydrogen-bond acceptors (Lipinski definition) is 11. The molecule has 0 saturated heterocycles. The monoisotopic (exact) mass is 909 g/mol. The molecule has 0 aliphatic heterocycles. The molecule has 0 radical (unpaired) electrons. The van der Waals surface area contributed by atoms with Crippen molar-refractivity contribution >= 4 is 27.6 Å². The normalized spacial score (nSPS) is 14.5. The summed E-state index contributed by atoms with van der Waals surface area (Å²) in [6.45, 7) is 2.03. The Labute approximate surface area is 367 Å². The van der Waals surface area contributed by atoms with Gasteiger partial charge in [0, 0.05) is 19.4 Å². The Morgan fingerprint density at radius 3 is 1.49 bits per heavy atom. The highest BCUT2D eigenvalue weighted by molar-refractivity contribution is 7.47. The summed E-state index contributed by atoms with van der Waals surface area (Å²) in [5, 5.41) is 18.5. The zero-order valence-electron chi connectivity index (χ0n) is 37.4. The molecular weight excluding hydrogens is 826 g/mol. The smallest absolute Gasteiger partial charge is 0.462 e. The zero-order valence-corrected chi connectivity index (χ0v) is 39.2. The highest BCUT2D eigenvalue weighted by atomic mass is 31.2. The van der Waals surface area contributed by atoms with E-state index in [-0.39, 0.29) is 19.4 Å². The van der Waals surface area contributed by atoms with E-state index in [1.54, 1.807) is 0 Å². The van der Waals surface area contributed by atoms with Gasteiger partial charge in [-0.25, -0.2) is 9.13 Å². The van der Waals surface area contributed by atoms with Gasteiger partial charge in [0.1, 0.15) is 12.7 Å². The van der Waals surface area contributed by atoms with Crippen molar-refractivity contribution in [1.29, 1.82) is 0 Å². The lowest BCUT2D eigenvalue weighted by atomic mass is 10.0. The topological polar surface area (TPSA) is 216 Å². The third kappa shape index (κ3) is 45.9. The molecule has 0 rings (SSSR count). The summed E-state index contributed by atoms with van der Waals surface area (Å²) in [5.41, 5.74) is 0. The van der Waals surface area contributed by atoms with Crippen LogP contribution in [-0.2, 0) is 41.8 Å². The minimum atomic E-state index is -4.87. The standard InChI is InChI=1S/C45H82O14P2/c1-41(2)33-29-25-21-17-13-9-8-11-15-19-23-27-31-35-45(49)59-43(40-58-61(53,54)57-38-42(47)37-56-60(50,51)52)39-55-44(48)34-30-26-22-18-14-10-6-4-3-5-7-12-16-20-24-28-32-36-46/h3,5-6,10,12,16,18,22,41-43,46-47H,4,7-9,11,13-15,17,19-21,23-40H2,1-2H3,(H,53,54)(H2,50,51,52)/b5-3-,10-6-,16-12-,22-18-/t42-,43+/m0/s1. The van der Waals surface area contributed by atoms with E-state index in [4.69, 9.17) is 28.9 Å². The molecule has 0 amide bonds. The number of unbranched alkanes of at least 4 members (excludes halogenated alkanes) is 16. The molecule has 356 valence electrons. The number of ether oxygens (including phenoxy) is 2. The summed E-state index contributed by atoms with van der Waals surface area (Å²) >= 11 is 0. The average Bonchev–Trinajstić information content (AvgIpc) is 3.20. The van der Waals surface area contributed by atoms with Crippen molar-refractivity contribution in [2.75, 3.05) is 33.0 Å². The van der Waals surface area contributed by atoms with Crippen LogP contribution in [0.5, 0.6) is 0 Å². The zero-order chi connectivity index (χ0) is 45.3. The maximum atomic E-state index is 12.7. The molecule has 3 atom stereocenters. The van der Waals surface area contributed by atoms with Crippen molar-refractivity contribution in [3.8, 4) is 0 Å². The average molecular weight is 909 g/mol. The second kappa shape index (κ2) is 40.8. The number of esters is 2. The predicted molar refractivity (Wildman–Crippen MR) is 240 cm³/mol. The Morgan fingerprint density at radius 1 is 0.525 bits per heavy atom. The van der Waals surface area contributed by atoms with Gasteiger partial charge in [0.05, 0.1) is 19.8 Å². The summed E-state index contributed by atoms with van der Waals surface area (Å²) < 4.78 is 47.8. The van der Waals surface area contributed by atoms with Crippen LogP contribution in [0.1, 0.15) is 174 Å². The Balaban J connectivity index is 4.56. The molecule has 0 aromatic heterocycles. The van der Waals surface area contributed by atoms with Crippen LogP contribution in [0.2, 0.25) is 0 Å². The molecule has 0 aromatic rings. The van der Waals surface area contributed by atoms with E-state index in [2.05, 4.69) is 59.4 Å². The van der Waals surface area contributed by atoms with Gasteiger partial charge in [-0.05, 0) is 63.7 Å². The van der Waals surface area contributed by atoms with Crippen LogP contribution in [0, 0.1) is 5.92 Å². The van der Waals surface area contributed by atoms with Crippen LogP contribution in [0.3, 0.4) is 0 Å². The molecule has 14 nitrogen and oxygen atoms in total. The first-order valence-corrected chi connectivity index (χ1v) is 25.8. The molecule has 0 saturated carbocycles. The number of rotatable bonds is 43. The number of phosphoric ester groups is 2. The fraction of sp³-hybridized carbons (Fsp3) is 0.778. The number of allylic oxidation sites excluding steroid dienone is 8. The number of carbonyl (C=O) groups excluding carboxylic acids is 2. The van der Waals surface area contributed by atoms with Crippen LogP contribution in [0.25, 0.3) is 0 Å². The third-order valence-corrected chi connectivity index (χ3v) is 10.9. The fourth-order valence-corrected chi connectivity index (χ4v) is 7.13. The molecule has 1 unspecified atom stereocenters. The quantitative estimate of drug-likeness (QED) is 0.0167. The summed E-state index contributed by atoms with van der Waals surface area (Å²) in [7, 11) is -9.70. The third-order valence-electron chi connectivity index (χ3n) is 9.44. The molecule has 5 N–H and O–H groups in total.